The highest BCUT2D eigenvalue weighted by molar-refractivity contribution is 6.10. The molecule has 0 bridgehead atoms. The van der Waals surface area contributed by atoms with E-state index >= 15 is 0 Å². The van der Waals surface area contributed by atoms with Crippen LogP contribution in [-0.4, -0.2) is 25.7 Å². The first-order chi connectivity index (χ1) is 13.4. The Balaban J connectivity index is 1.88. The molecule has 0 radical (unpaired) electrons. The van der Waals surface area contributed by atoms with Gasteiger partial charge in [0.1, 0.15) is 17.3 Å². The summed E-state index contributed by atoms with van der Waals surface area (Å²) in [5.41, 5.74) is 3.61. The number of rotatable bonds is 3. The molecule has 28 heavy (non-hydrogen) atoms. The van der Waals surface area contributed by atoms with Gasteiger partial charge in [-0.15, -0.1) is 0 Å². The monoisotopic (exact) mass is 378 g/mol. The zero-order valence-corrected chi connectivity index (χ0v) is 16.8. The van der Waals surface area contributed by atoms with Crippen LogP contribution in [0.5, 0.6) is 11.5 Å². The minimum atomic E-state index is -0.317. The zero-order chi connectivity index (χ0) is 19.9. The third-order valence-corrected chi connectivity index (χ3v) is 5.61. The molecule has 1 aliphatic heterocycles. The highest BCUT2D eigenvalue weighted by atomic mass is 16.5. The largest absolute Gasteiger partial charge is 0.497 e. The number of aliphatic imine (C=N–C) groups is 1. The van der Waals surface area contributed by atoms with Crippen LogP contribution in [-0.2, 0) is 4.79 Å². The van der Waals surface area contributed by atoms with Crippen LogP contribution in [0.25, 0.3) is 0 Å². The van der Waals surface area contributed by atoms with Gasteiger partial charge in [0.05, 0.1) is 37.6 Å². The van der Waals surface area contributed by atoms with Crippen molar-refractivity contribution in [3.8, 4) is 11.5 Å². The standard InChI is InChI=1S/C23H26N2O3/c1-23(2)12-18-21(19(26)13-23)22(25-17-8-6-5-7-16(17)24-18)15-10-9-14(27-3)11-20(15)28-4/h5-11,21-22,25H,12-13H2,1-4H3/t21?,22-/m1/s1. The summed E-state index contributed by atoms with van der Waals surface area (Å²) in [5.74, 6) is 1.33. The van der Waals surface area contributed by atoms with Gasteiger partial charge in [-0.3, -0.25) is 9.79 Å². The van der Waals surface area contributed by atoms with Crippen molar-refractivity contribution in [3.63, 3.8) is 0 Å². The van der Waals surface area contributed by atoms with Crippen molar-refractivity contribution in [2.24, 2.45) is 16.3 Å². The lowest BCUT2D eigenvalue weighted by Crippen LogP contribution is -2.42. The number of ether oxygens (including phenoxy) is 2. The van der Waals surface area contributed by atoms with Gasteiger partial charge in [-0.25, -0.2) is 0 Å². The second kappa shape index (κ2) is 6.97. The van der Waals surface area contributed by atoms with E-state index in [0.717, 1.165) is 34.8 Å². The van der Waals surface area contributed by atoms with Crippen LogP contribution in [0, 0.1) is 11.3 Å². The predicted octanol–water partition coefficient (Wildman–Crippen LogP) is 4.95. The molecule has 1 heterocycles. The number of fused-ring (bicyclic) bond motifs is 2. The van der Waals surface area contributed by atoms with E-state index in [9.17, 15) is 4.79 Å². The van der Waals surface area contributed by atoms with Crippen LogP contribution in [0.15, 0.2) is 47.5 Å². The summed E-state index contributed by atoms with van der Waals surface area (Å²) in [4.78, 5) is 18.2. The number of para-hydroxylation sites is 2. The van der Waals surface area contributed by atoms with Gasteiger partial charge >= 0.3 is 0 Å². The lowest BCUT2D eigenvalue weighted by molar-refractivity contribution is -0.124. The third-order valence-electron chi connectivity index (χ3n) is 5.61. The smallest absolute Gasteiger partial charge is 0.144 e. The van der Waals surface area contributed by atoms with E-state index in [4.69, 9.17) is 14.5 Å². The molecule has 5 heteroatoms. The summed E-state index contributed by atoms with van der Waals surface area (Å²) in [6.07, 6.45) is 1.35. The Morgan fingerprint density at radius 2 is 1.86 bits per heavy atom. The van der Waals surface area contributed by atoms with Crippen molar-refractivity contribution in [3.05, 3.63) is 48.0 Å². The van der Waals surface area contributed by atoms with E-state index in [1.54, 1.807) is 14.2 Å². The van der Waals surface area contributed by atoms with Gasteiger partial charge in [0.25, 0.3) is 0 Å². The van der Waals surface area contributed by atoms with E-state index in [-0.39, 0.29) is 23.2 Å². The van der Waals surface area contributed by atoms with E-state index in [0.29, 0.717) is 12.2 Å². The van der Waals surface area contributed by atoms with Gasteiger partial charge in [-0.2, -0.15) is 0 Å². The molecule has 2 aromatic carbocycles. The fraction of sp³-hybridized carbons (Fsp3) is 0.391. The SMILES string of the molecule is COc1ccc([C@H]2Nc3ccccc3N=C3CC(C)(C)CC(=O)C32)c(OC)c1. The summed E-state index contributed by atoms with van der Waals surface area (Å²) >= 11 is 0. The van der Waals surface area contributed by atoms with Gasteiger partial charge in [0.15, 0.2) is 0 Å². The van der Waals surface area contributed by atoms with Gasteiger partial charge < -0.3 is 14.8 Å². The molecule has 2 aliphatic rings. The first kappa shape index (κ1) is 18.5. The zero-order valence-electron chi connectivity index (χ0n) is 16.8. The van der Waals surface area contributed by atoms with Crippen LogP contribution >= 0.6 is 0 Å². The molecule has 0 spiro atoms. The molecular weight excluding hydrogens is 352 g/mol. The molecule has 1 aliphatic carbocycles. The van der Waals surface area contributed by atoms with Crippen molar-refractivity contribution in [2.45, 2.75) is 32.7 Å². The highest BCUT2D eigenvalue weighted by Gasteiger charge is 2.44. The maximum absolute atomic E-state index is 13.3. The number of methoxy groups -OCH3 is 2. The molecule has 1 unspecified atom stereocenters. The second-order valence-electron chi connectivity index (χ2n) is 8.31. The van der Waals surface area contributed by atoms with Crippen molar-refractivity contribution >= 4 is 22.9 Å². The minimum Gasteiger partial charge on any atom is -0.497 e. The molecule has 4 rings (SSSR count). The van der Waals surface area contributed by atoms with Crippen molar-refractivity contribution < 1.29 is 14.3 Å². The number of hydrogen-bond donors (Lipinski definition) is 1. The molecule has 5 nitrogen and oxygen atoms in total. The second-order valence-corrected chi connectivity index (χ2v) is 8.31. The number of benzene rings is 2. The Morgan fingerprint density at radius 3 is 2.61 bits per heavy atom. The Bertz CT molecular complexity index is 949. The fourth-order valence-electron chi connectivity index (χ4n) is 4.35. The van der Waals surface area contributed by atoms with E-state index < -0.39 is 0 Å². The van der Waals surface area contributed by atoms with Crippen molar-refractivity contribution in [2.75, 3.05) is 19.5 Å². The number of anilines is 1. The van der Waals surface area contributed by atoms with E-state index in [1.165, 1.54) is 0 Å². The number of carbonyl (C=O) groups excluding carboxylic acids is 1. The van der Waals surface area contributed by atoms with Crippen LogP contribution in [0.4, 0.5) is 11.4 Å². The quantitative estimate of drug-likeness (QED) is 0.821. The Hall–Kier alpha value is -2.82. The van der Waals surface area contributed by atoms with Crippen LogP contribution in [0.1, 0.15) is 38.3 Å². The third kappa shape index (κ3) is 3.26. The lowest BCUT2D eigenvalue weighted by Gasteiger charge is -2.37. The van der Waals surface area contributed by atoms with Crippen LogP contribution in [0.3, 0.4) is 0 Å². The molecule has 0 aromatic heterocycles. The average molecular weight is 378 g/mol. The molecule has 1 fully saturated rings. The van der Waals surface area contributed by atoms with Gasteiger partial charge in [0.2, 0.25) is 0 Å². The lowest BCUT2D eigenvalue weighted by atomic mass is 9.68. The van der Waals surface area contributed by atoms with Crippen molar-refractivity contribution in [1.82, 2.24) is 0 Å². The summed E-state index contributed by atoms with van der Waals surface area (Å²) in [5, 5.41) is 3.59. The Morgan fingerprint density at radius 1 is 1.07 bits per heavy atom. The van der Waals surface area contributed by atoms with E-state index in [1.807, 2.05) is 42.5 Å². The molecule has 1 N–H and O–H groups in total. The number of hydrogen-bond acceptors (Lipinski definition) is 5. The molecule has 2 aromatic rings. The predicted molar refractivity (Wildman–Crippen MR) is 111 cm³/mol. The normalized spacial score (nSPS) is 22.9. The van der Waals surface area contributed by atoms with Crippen LogP contribution in [0.2, 0.25) is 0 Å². The number of nitrogens with one attached hydrogen (secondary N) is 1. The summed E-state index contributed by atoms with van der Waals surface area (Å²) in [6, 6.07) is 13.5. The molecule has 2 atom stereocenters. The number of nitrogens with zero attached hydrogens (tertiary/aromatic N) is 1. The Kier molecular flexibility index (Phi) is 4.61. The maximum atomic E-state index is 13.3. The minimum absolute atomic E-state index is 0.0831. The van der Waals surface area contributed by atoms with Gasteiger partial charge in [0, 0.05) is 23.8 Å². The van der Waals surface area contributed by atoms with Gasteiger partial charge in [-0.1, -0.05) is 26.0 Å². The molecular formula is C23H26N2O3. The molecule has 0 amide bonds. The first-order valence-corrected chi connectivity index (χ1v) is 9.59. The maximum Gasteiger partial charge on any atom is 0.144 e. The highest BCUT2D eigenvalue weighted by Crippen LogP contribution is 2.46. The summed E-state index contributed by atoms with van der Waals surface area (Å²) < 4.78 is 11.0. The average Bonchev–Trinajstić information content (AvgIpc) is 2.82. The van der Waals surface area contributed by atoms with E-state index in [2.05, 4.69) is 19.2 Å². The van der Waals surface area contributed by atoms with Gasteiger partial charge in [-0.05, 0) is 36.1 Å². The molecule has 146 valence electrons. The fourth-order valence-corrected chi connectivity index (χ4v) is 4.35. The van der Waals surface area contributed by atoms with Crippen LogP contribution < -0.4 is 14.8 Å². The number of Topliss-reactive ketones (excluding diaryl/α,β-unsaturated/α-hetero) is 1. The summed E-state index contributed by atoms with van der Waals surface area (Å²) in [6.45, 7) is 4.27. The number of carbonyl (C=O) groups is 1. The first-order valence-electron chi connectivity index (χ1n) is 9.59. The Labute approximate surface area is 165 Å². The van der Waals surface area contributed by atoms with Crippen molar-refractivity contribution in [1.29, 1.82) is 0 Å². The summed E-state index contributed by atoms with van der Waals surface area (Å²) in [7, 11) is 3.27. The number of ketones is 1. The topological polar surface area (TPSA) is 59.9 Å². The molecule has 0 saturated heterocycles. The molecule has 1 saturated carbocycles.